The standard InChI is InChI=1S/C3H8N2O3/c6-1-4-3(8)5-2-7/h6-7H,1-2H2,(H2,4,5,8). The summed E-state index contributed by atoms with van der Waals surface area (Å²) < 4.78 is 0. The predicted molar refractivity (Wildman–Crippen MR) is 25.8 cm³/mol. The smallest absolute Gasteiger partial charge is 0.318 e. The molecule has 5 nitrogen and oxygen atoms in total. The first-order valence-corrected chi connectivity index (χ1v) is 2.04. The van der Waals surface area contributed by atoms with E-state index in [2.05, 4.69) is 0 Å². The molecule has 0 rings (SSSR count). The van der Waals surface area contributed by atoms with Crippen LogP contribution < -0.4 is 10.6 Å². The second kappa shape index (κ2) is 4.35. The van der Waals surface area contributed by atoms with Gasteiger partial charge in [0.15, 0.2) is 0 Å². The third-order valence-electron chi connectivity index (χ3n) is 0.479. The lowest BCUT2D eigenvalue weighted by Crippen LogP contribution is -2.36. The van der Waals surface area contributed by atoms with Gasteiger partial charge in [-0.1, -0.05) is 0 Å². The highest BCUT2D eigenvalue weighted by Crippen LogP contribution is 1.57. The van der Waals surface area contributed by atoms with Crippen LogP contribution in [0.25, 0.3) is 0 Å². The zero-order chi connectivity index (χ0) is 6.41. The molecular formula is C3H8N2O3. The Hall–Kier alpha value is -0.810. The van der Waals surface area contributed by atoms with Crippen LogP contribution in [0.3, 0.4) is 0 Å². The van der Waals surface area contributed by atoms with E-state index < -0.39 is 19.5 Å². The van der Waals surface area contributed by atoms with Crippen molar-refractivity contribution in [1.29, 1.82) is 0 Å². The van der Waals surface area contributed by atoms with Crippen LogP contribution in [-0.4, -0.2) is 29.7 Å². The molecule has 0 radical (unpaired) electrons. The van der Waals surface area contributed by atoms with Crippen LogP contribution in [0.4, 0.5) is 4.79 Å². The fraction of sp³-hybridized carbons (Fsp3) is 0.667. The average molecular weight is 120 g/mol. The van der Waals surface area contributed by atoms with E-state index in [1.807, 2.05) is 10.6 Å². The molecule has 48 valence electrons. The van der Waals surface area contributed by atoms with Crippen molar-refractivity contribution in [1.82, 2.24) is 10.6 Å². The van der Waals surface area contributed by atoms with E-state index in [9.17, 15) is 4.79 Å². The zero-order valence-electron chi connectivity index (χ0n) is 4.22. The van der Waals surface area contributed by atoms with Gasteiger partial charge in [-0.25, -0.2) is 4.79 Å². The monoisotopic (exact) mass is 120 g/mol. The Kier molecular flexibility index (Phi) is 3.91. The molecule has 0 unspecified atom stereocenters. The molecule has 0 aliphatic rings. The topological polar surface area (TPSA) is 81.6 Å². The summed E-state index contributed by atoms with van der Waals surface area (Å²) in [5.41, 5.74) is 0. The van der Waals surface area contributed by atoms with E-state index in [1.165, 1.54) is 0 Å². The molecule has 0 aromatic rings. The van der Waals surface area contributed by atoms with Crippen LogP contribution in [0.1, 0.15) is 0 Å². The lowest BCUT2D eigenvalue weighted by atomic mass is 10.9. The van der Waals surface area contributed by atoms with Gasteiger partial charge >= 0.3 is 6.03 Å². The van der Waals surface area contributed by atoms with Gasteiger partial charge in [-0.3, -0.25) is 0 Å². The number of carbonyl (C=O) groups excluding carboxylic acids is 1. The summed E-state index contributed by atoms with van der Waals surface area (Å²) in [5, 5.41) is 20.0. The molecule has 4 N–H and O–H groups in total. The van der Waals surface area contributed by atoms with E-state index in [-0.39, 0.29) is 0 Å². The van der Waals surface area contributed by atoms with E-state index >= 15 is 0 Å². The van der Waals surface area contributed by atoms with Crippen LogP contribution in [0.15, 0.2) is 0 Å². The molecular weight excluding hydrogens is 112 g/mol. The van der Waals surface area contributed by atoms with Gasteiger partial charge in [0.25, 0.3) is 0 Å². The maximum Gasteiger partial charge on any atom is 0.318 e. The van der Waals surface area contributed by atoms with Crippen LogP contribution in [0.2, 0.25) is 0 Å². The Morgan fingerprint density at radius 1 is 1.25 bits per heavy atom. The average Bonchev–Trinajstić information content (AvgIpc) is 1.68. The van der Waals surface area contributed by atoms with Gasteiger partial charge in [-0.05, 0) is 0 Å². The number of amides is 2. The molecule has 0 saturated carbocycles. The van der Waals surface area contributed by atoms with Crippen molar-refractivity contribution in [2.75, 3.05) is 13.5 Å². The Morgan fingerprint density at radius 3 is 1.88 bits per heavy atom. The van der Waals surface area contributed by atoms with Crippen LogP contribution >= 0.6 is 0 Å². The Morgan fingerprint density at radius 2 is 1.62 bits per heavy atom. The van der Waals surface area contributed by atoms with Gasteiger partial charge in [0, 0.05) is 0 Å². The SMILES string of the molecule is O=C(NCO)NCO. The summed E-state index contributed by atoms with van der Waals surface area (Å²) in [5.74, 6) is 0. The normalized spacial score (nSPS) is 8.25. The lowest BCUT2D eigenvalue weighted by molar-refractivity contribution is 0.201. The van der Waals surface area contributed by atoms with Crippen LogP contribution in [0, 0.1) is 0 Å². The van der Waals surface area contributed by atoms with Crippen molar-refractivity contribution < 1.29 is 15.0 Å². The van der Waals surface area contributed by atoms with Crippen molar-refractivity contribution in [2.24, 2.45) is 0 Å². The molecule has 0 aromatic heterocycles. The fourth-order valence-corrected chi connectivity index (χ4v) is 0.206. The van der Waals surface area contributed by atoms with E-state index in [0.29, 0.717) is 0 Å². The number of carbonyl (C=O) groups is 1. The highest BCUT2D eigenvalue weighted by atomic mass is 16.3. The molecule has 8 heavy (non-hydrogen) atoms. The van der Waals surface area contributed by atoms with Crippen molar-refractivity contribution in [2.45, 2.75) is 0 Å². The minimum atomic E-state index is -0.588. The zero-order valence-corrected chi connectivity index (χ0v) is 4.22. The third-order valence-corrected chi connectivity index (χ3v) is 0.479. The summed E-state index contributed by atoms with van der Waals surface area (Å²) >= 11 is 0. The summed E-state index contributed by atoms with van der Waals surface area (Å²) in [6.45, 7) is -0.850. The van der Waals surface area contributed by atoms with Crippen LogP contribution in [-0.2, 0) is 0 Å². The molecule has 0 aliphatic carbocycles. The predicted octanol–water partition coefficient (Wildman–Crippen LogP) is -1.81. The molecule has 5 heteroatoms. The Labute approximate surface area is 46.3 Å². The first-order valence-electron chi connectivity index (χ1n) is 2.04. The maximum absolute atomic E-state index is 10.1. The Bertz CT molecular complexity index is 66.9. The second-order valence-electron chi connectivity index (χ2n) is 0.999. The largest absolute Gasteiger partial charge is 0.376 e. The van der Waals surface area contributed by atoms with Gasteiger partial charge in [0.2, 0.25) is 0 Å². The van der Waals surface area contributed by atoms with Gasteiger partial charge in [0.05, 0.1) is 0 Å². The highest BCUT2D eigenvalue weighted by molar-refractivity contribution is 5.73. The van der Waals surface area contributed by atoms with Crippen molar-refractivity contribution in [3.8, 4) is 0 Å². The third kappa shape index (κ3) is 3.38. The Balaban J connectivity index is 3.06. The molecule has 0 aliphatic heterocycles. The molecule has 0 aromatic carbocycles. The lowest BCUT2D eigenvalue weighted by Gasteiger charge is -1.98. The number of aliphatic hydroxyl groups is 2. The summed E-state index contributed by atoms with van der Waals surface area (Å²) in [4.78, 5) is 10.1. The van der Waals surface area contributed by atoms with Crippen molar-refractivity contribution >= 4 is 6.03 Å². The molecule has 0 heterocycles. The molecule has 0 saturated heterocycles. The quantitative estimate of drug-likeness (QED) is 0.324. The van der Waals surface area contributed by atoms with Gasteiger partial charge in [-0.2, -0.15) is 0 Å². The van der Waals surface area contributed by atoms with Crippen molar-refractivity contribution in [3.05, 3.63) is 0 Å². The molecule has 0 fully saturated rings. The van der Waals surface area contributed by atoms with E-state index in [4.69, 9.17) is 10.2 Å². The first-order chi connectivity index (χ1) is 3.81. The van der Waals surface area contributed by atoms with Crippen LogP contribution in [0.5, 0.6) is 0 Å². The second-order valence-corrected chi connectivity index (χ2v) is 0.999. The minimum absolute atomic E-state index is 0.425. The molecule has 0 spiro atoms. The summed E-state index contributed by atoms with van der Waals surface area (Å²) in [6, 6.07) is -0.588. The highest BCUT2D eigenvalue weighted by Gasteiger charge is 1.91. The number of hydrogen-bond acceptors (Lipinski definition) is 3. The number of urea groups is 1. The number of nitrogens with one attached hydrogen (secondary N) is 2. The first kappa shape index (κ1) is 7.19. The molecule has 0 bridgehead atoms. The van der Waals surface area contributed by atoms with E-state index in [0.717, 1.165) is 0 Å². The maximum atomic E-state index is 10.1. The number of aliphatic hydroxyl groups excluding tert-OH is 2. The minimum Gasteiger partial charge on any atom is -0.376 e. The van der Waals surface area contributed by atoms with Crippen molar-refractivity contribution in [3.63, 3.8) is 0 Å². The molecule has 0 atom stereocenters. The molecule has 2 amide bonds. The summed E-state index contributed by atoms with van der Waals surface area (Å²) in [7, 11) is 0. The van der Waals surface area contributed by atoms with Gasteiger partial charge in [0.1, 0.15) is 13.5 Å². The number of rotatable bonds is 2. The van der Waals surface area contributed by atoms with E-state index in [1.54, 1.807) is 0 Å². The number of hydrogen-bond donors (Lipinski definition) is 4. The fourth-order valence-electron chi connectivity index (χ4n) is 0.206. The van der Waals surface area contributed by atoms with Gasteiger partial charge < -0.3 is 20.8 Å². The summed E-state index contributed by atoms with van der Waals surface area (Å²) in [6.07, 6.45) is 0. The van der Waals surface area contributed by atoms with Gasteiger partial charge in [-0.15, -0.1) is 0 Å².